The molecule has 0 aromatic heterocycles. The van der Waals surface area contributed by atoms with Gasteiger partial charge in [0, 0.05) is 18.2 Å². The third-order valence-electron chi connectivity index (χ3n) is 3.76. The molecule has 134 valence electrons. The Bertz CT molecular complexity index is 716. The van der Waals surface area contributed by atoms with Gasteiger partial charge in [-0.15, -0.1) is 0 Å². The van der Waals surface area contributed by atoms with Gasteiger partial charge in [0.25, 0.3) is 0 Å². The molecule has 0 bridgehead atoms. The third kappa shape index (κ3) is 5.11. The molecule has 25 heavy (non-hydrogen) atoms. The fourth-order valence-corrected chi connectivity index (χ4v) is 2.51. The van der Waals surface area contributed by atoms with Crippen LogP contribution in [0.2, 0.25) is 0 Å². The van der Waals surface area contributed by atoms with E-state index in [-0.39, 0.29) is 18.1 Å². The van der Waals surface area contributed by atoms with E-state index < -0.39 is 0 Å². The Morgan fingerprint density at radius 3 is 2.36 bits per heavy atom. The Labute approximate surface area is 146 Å². The number of nitrogens with one attached hydrogen (secondary N) is 1. The molecule has 0 aliphatic heterocycles. The summed E-state index contributed by atoms with van der Waals surface area (Å²) in [5, 5.41) is 2.85. The molecule has 0 aliphatic rings. The Balaban J connectivity index is 1.96. The average Bonchev–Trinajstić information content (AvgIpc) is 2.62. The van der Waals surface area contributed by atoms with Crippen LogP contribution in [0.5, 0.6) is 17.2 Å². The monoisotopic (exact) mass is 347 g/mol. The van der Waals surface area contributed by atoms with Crippen LogP contribution in [-0.4, -0.2) is 33.8 Å². The van der Waals surface area contributed by atoms with Crippen molar-refractivity contribution in [3.8, 4) is 17.2 Å². The van der Waals surface area contributed by atoms with Gasteiger partial charge in [-0.3, -0.25) is 4.79 Å². The van der Waals surface area contributed by atoms with Crippen molar-refractivity contribution in [3.63, 3.8) is 0 Å². The summed E-state index contributed by atoms with van der Waals surface area (Å²) in [6.07, 6.45) is 0.769. The molecule has 2 aromatic rings. The summed E-state index contributed by atoms with van der Waals surface area (Å²) in [5.41, 5.74) is 1.64. The first-order valence-corrected chi connectivity index (χ1v) is 7.87. The summed E-state index contributed by atoms with van der Waals surface area (Å²) >= 11 is 0. The second-order valence-electron chi connectivity index (χ2n) is 5.43. The predicted octanol–water partition coefficient (Wildman–Crippen LogP) is 2.75. The zero-order valence-corrected chi connectivity index (χ0v) is 14.6. The Kier molecular flexibility index (Phi) is 6.62. The maximum absolute atomic E-state index is 12.9. The van der Waals surface area contributed by atoms with E-state index in [1.54, 1.807) is 39.5 Å². The number of benzene rings is 2. The maximum Gasteiger partial charge on any atom is 0.224 e. The molecule has 2 aromatic carbocycles. The third-order valence-corrected chi connectivity index (χ3v) is 3.76. The molecule has 0 spiro atoms. The van der Waals surface area contributed by atoms with Crippen molar-refractivity contribution in [3.05, 3.63) is 53.3 Å². The van der Waals surface area contributed by atoms with E-state index in [9.17, 15) is 9.18 Å². The maximum atomic E-state index is 12.9. The molecule has 0 radical (unpaired) electrons. The number of hydrogen-bond acceptors (Lipinski definition) is 4. The van der Waals surface area contributed by atoms with E-state index in [1.807, 2.05) is 6.07 Å². The molecule has 0 saturated heterocycles. The molecule has 0 atom stereocenters. The van der Waals surface area contributed by atoms with Gasteiger partial charge in [0.05, 0.1) is 27.8 Å². The fraction of sp³-hybridized carbons (Fsp3) is 0.316. The zero-order chi connectivity index (χ0) is 18.2. The summed E-state index contributed by atoms with van der Waals surface area (Å²) in [6, 6.07) is 9.49. The molecule has 2 rings (SSSR count). The molecule has 0 fully saturated rings. The van der Waals surface area contributed by atoms with E-state index in [1.165, 1.54) is 12.1 Å². The molecule has 0 heterocycles. The van der Waals surface area contributed by atoms with Crippen LogP contribution < -0.4 is 19.5 Å². The van der Waals surface area contributed by atoms with E-state index in [0.717, 1.165) is 11.1 Å². The number of rotatable bonds is 8. The van der Waals surface area contributed by atoms with Crippen LogP contribution >= 0.6 is 0 Å². The number of amides is 1. The minimum atomic E-state index is -0.316. The first-order chi connectivity index (χ1) is 12.1. The first-order valence-electron chi connectivity index (χ1n) is 7.87. The van der Waals surface area contributed by atoms with Crippen LogP contribution in [0.3, 0.4) is 0 Å². The zero-order valence-electron chi connectivity index (χ0n) is 14.6. The van der Waals surface area contributed by atoms with E-state index in [4.69, 9.17) is 14.2 Å². The normalized spacial score (nSPS) is 10.2. The Hall–Kier alpha value is -2.76. The average molecular weight is 347 g/mol. The molecule has 1 amide bonds. The van der Waals surface area contributed by atoms with Gasteiger partial charge in [-0.25, -0.2) is 4.39 Å². The van der Waals surface area contributed by atoms with E-state index in [2.05, 4.69) is 5.32 Å². The van der Waals surface area contributed by atoms with Crippen molar-refractivity contribution < 1.29 is 23.4 Å². The molecule has 0 aliphatic carbocycles. The summed E-state index contributed by atoms with van der Waals surface area (Å²) in [6.45, 7) is 0.437. The second kappa shape index (κ2) is 8.92. The van der Waals surface area contributed by atoms with Gasteiger partial charge >= 0.3 is 0 Å². The number of ether oxygens (including phenoxy) is 3. The molecule has 1 N–H and O–H groups in total. The van der Waals surface area contributed by atoms with Gasteiger partial charge in [0.15, 0.2) is 11.5 Å². The van der Waals surface area contributed by atoms with Gasteiger partial charge < -0.3 is 19.5 Å². The van der Waals surface area contributed by atoms with Crippen LogP contribution in [0.15, 0.2) is 36.4 Å². The number of carbonyl (C=O) groups is 1. The van der Waals surface area contributed by atoms with Gasteiger partial charge in [-0.05, 0) is 30.2 Å². The standard InChI is InChI=1S/C19H22FNO4/c1-23-16-11-14(19(25-3)17(12-16)24-2)8-9-21-18(22)10-13-4-6-15(20)7-5-13/h4-7,11-12H,8-10H2,1-3H3,(H,21,22). The summed E-state index contributed by atoms with van der Waals surface area (Å²) in [4.78, 5) is 12.0. The van der Waals surface area contributed by atoms with Gasteiger partial charge in [-0.1, -0.05) is 12.1 Å². The highest BCUT2D eigenvalue weighted by Crippen LogP contribution is 2.35. The van der Waals surface area contributed by atoms with Crippen LogP contribution in [0.1, 0.15) is 11.1 Å². The molecule has 0 unspecified atom stereocenters. The smallest absolute Gasteiger partial charge is 0.224 e. The van der Waals surface area contributed by atoms with Gasteiger partial charge in [-0.2, -0.15) is 0 Å². The lowest BCUT2D eigenvalue weighted by Crippen LogP contribution is -2.27. The largest absolute Gasteiger partial charge is 0.497 e. The Morgan fingerprint density at radius 1 is 1.04 bits per heavy atom. The van der Waals surface area contributed by atoms with Crippen molar-refractivity contribution in [1.29, 1.82) is 0 Å². The minimum Gasteiger partial charge on any atom is -0.497 e. The lowest BCUT2D eigenvalue weighted by atomic mass is 10.1. The predicted molar refractivity (Wildman–Crippen MR) is 92.9 cm³/mol. The molecule has 6 heteroatoms. The summed E-state index contributed by atoms with van der Waals surface area (Å²) in [5.74, 6) is 1.42. The molecular formula is C19H22FNO4. The van der Waals surface area contributed by atoms with E-state index >= 15 is 0 Å². The highest BCUT2D eigenvalue weighted by molar-refractivity contribution is 5.78. The lowest BCUT2D eigenvalue weighted by Gasteiger charge is -2.15. The SMILES string of the molecule is COc1cc(CCNC(=O)Cc2ccc(F)cc2)c(OC)c(OC)c1. The first kappa shape index (κ1) is 18.6. The van der Waals surface area contributed by atoms with Crippen molar-refractivity contribution in [2.24, 2.45) is 0 Å². The Morgan fingerprint density at radius 2 is 1.76 bits per heavy atom. The van der Waals surface area contributed by atoms with Gasteiger partial charge in [0.1, 0.15) is 11.6 Å². The van der Waals surface area contributed by atoms with Crippen LogP contribution in [0.4, 0.5) is 4.39 Å². The number of hydrogen-bond donors (Lipinski definition) is 1. The van der Waals surface area contributed by atoms with Crippen LogP contribution in [-0.2, 0) is 17.6 Å². The van der Waals surface area contributed by atoms with E-state index in [0.29, 0.717) is 30.2 Å². The topological polar surface area (TPSA) is 56.8 Å². The van der Waals surface area contributed by atoms with Crippen molar-refractivity contribution in [2.75, 3.05) is 27.9 Å². The quantitative estimate of drug-likeness (QED) is 0.798. The molecule has 5 nitrogen and oxygen atoms in total. The minimum absolute atomic E-state index is 0.125. The van der Waals surface area contributed by atoms with Crippen LogP contribution in [0.25, 0.3) is 0 Å². The number of halogens is 1. The van der Waals surface area contributed by atoms with Crippen molar-refractivity contribution in [1.82, 2.24) is 5.32 Å². The molecular weight excluding hydrogens is 325 g/mol. The highest BCUT2D eigenvalue weighted by atomic mass is 19.1. The highest BCUT2D eigenvalue weighted by Gasteiger charge is 2.13. The number of carbonyl (C=O) groups excluding carboxylic acids is 1. The summed E-state index contributed by atoms with van der Waals surface area (Å²) in [7, 11) is 4.71. The summed E-state index contributed by atoms with van der Waals surface area (Å²) < 4.78 is 28.9. The number of methoxy groups -OCH3 is 3. The second-order valence-corrected chi connectivity index (χ2v) is 5.43. The van der Waals surface area contributed by atoms with Crippen LogP contribution in [0, 0.1) is 5.82 Å². The van der Waals surface area contributed by atoms with Crippen molar-refractivity contribution >= 4 is 5.91 Å². The molecule has 0 saturated carbocycles. The van der Waals surface area contributed by atoms with Gasteiger partial charge in [0.2, 0.25) is 5.91 Å². The lowest BCUT2D eigenvalue weighted by molar-refractivity contribution is -0.120. The van der Waals surface area contributed by atoms with Crippen molar-refractivity contribution in [2.45, 2.75) is 12.8 Å². The fourth-order valence-electron chi connectivity index (χ4n) is 2.51.